The van der Waals surface area contributed by atoms with Gasteiger partial charge < -0.3 is 30.4 Å². The smallest absolute Gasteiger partial charge is 0.151 e. The van der Waals surface area contributed by atoms with Crippen LogP contribution in [0, 0.1) is 30.2 Å². The van der Waals surface area contributed by atoms with Crippen molar-refractivity contribution in [1.29, 1.82) is 0 Å². The van der Waals surface area contributed by atoms with E-state index in [1.54, 1.807) is 28.4 Å². The van der Waals surface area contributed by atoms with Crippen LogP contribution in [-0.2, 0) is 0 Å². The number of aromatic amines is 2. The monoisotopic (exact) mass is 768 g/mol. The van der Waals surface area contributed by atoms with Crippen molar-refractivity contribution in [2.24, 2.45) is 0 Å². The number of aromatic nitrogens is 4. The highest BCUT2D eigenvalue weighted by Crippen LogP contribution is 2.50. The van der Waals surface area contributed by atoms with Gasteiger partial charge in [0.05, 0.1) is 46.2 Å². The van der Waals surface area contributed by atoms with Crippen molar-refractivity contribution < 1.29 is 17.6 Å². The number of hydrogen-bond donors (Lipinski definition) is 4. The number of fused-ring (bicyclic) bond motifs is 2. The highest BCUT2D eigenvalue weighted by atomic mass is 32.1. The van der Waals surface area contributed by atoms with Gasteiger partial charge in [0.1, 0.15) is 29.0 Å². The first-order chi connectivity index (χ1) is 26.8. The molecule has 0 spiro atoms. The van der Waals surface area contributed by atoms with E-state index in [9.17, 15) is 0 Å². The summed E-state index contributed by atoms with van der Waals surface area (Å²) in [5, 5.41) is 6.88. The summed E-state index contributed by atoms with van der Waals surface area (Å²) < 4.78 is 65.4. The number of hydrogen-bond acceptors (Lipinski definition) is 7. The first-order valence-corrected chi connectivity index (χ1v) is 20.5. The van der Waals surface area contributed by atoms with E-state index >= 15 is 17.6 Å². The van der Waals surface area contributed by atoms with Crippen LogP contribution in [0.4, 0.5) is 28.9 Å². The van der Waals surface area contributed by atoms with Crippen LogP contribution in [0.15, 0.2) is 48.5 Å². The molecule has 0 saturated carbocycles. The molecule has 8 nitrogen and oxygen atoms in total. The molecule has 4 N–H and O–H groups in total. The molecular formula is C42H44F4N8S. The second-order valence-electron chi connectivity index (χ2n) is 15.8. The molecule has 0 bridgehead atoms. The third-order valence-electron chi connectivity index (χ3n) is 12.4. The minimum absolute atomic E-state index is 0.0481. The Morgan fingerprint density at radius 3 is 1.67 bits per heavy atom. The average molecular weight is 769 g/mol. The second kappa shape index (κ2) is 13.9. The molecule has 0 unspecified atom stereocenters. The molecule has 10 rings (SSSR count). The van der Waals surface area contributed by atoms with Crippen LogP contribution in [0.25, 0.3) is 22.1 Å². The number of anilines is 2. The van der Waals surface area contributed by atoms with Crippen molar-refractivity contribution in [3.63, 3.8) is 0 Å². The lowest BCUT2D eigenvalue weighted by molar-refractivity contribution is 0.490. The lowest BCUT2D eigenvalue weighted by Crippen LogP contribution is -2.34. The molecular weight excluding hydrogens is 725 g/mol. The van der Waals surface area contributed by atoms with Gasteiger partial charge in [0.15, 0.2) is 11.6 Å². The van der Waals surface area contributed by atoms with Crippen LogP contribution in [-0.4, -0.2) is 46.1 Å². The van der Waals surface area contributed by atoms with E-state index in [1.807, 2.05) is 4.90 Å². The van der Waals surface area contributed by atoms with Gasteiger partial charge in [-0.15, -0.1) is 11.3 Å². The summed E-state index contributed by atoms with van der Waals surface area (Å²) in [6.45, 7) is 4.96. The van der Waals surface area contributed by atoms with Crippen molar-refractivity contribution in [1.82, 2.24) is 30.6 Å². The fourth-order valence-electron chi connectivity index (χ4n) is 9.66. The van der Waals surface area contributed by atoms with Gasteiger partial charge in [-0.25, -0.2) is 27.5 Å². The lowest BCUT2D eigenvalue weighted by Gasteiger charge is -2.36. The number of imidazole rings is 2. The van der Waals surface area contributed by atoms with Crippen LogP contribution in [0.3, 0.4) is 0 Å². The van der Waals surface area contributed by atoms with Crippen LogP contribution in [0.1, 0.15) is 114 Å². The Bertz CT molecular complexity index is 2250. The molecule has 0 aliphatic carbocycles. The Labute approximate surface area is 320 Å². The fourth-order valence-corrected chi connectivity index (χ4v) is 10.7. The van der Waals surface area contributed by atoms with Gasteiger partial charge >= 0.3 is 0 Å². The fraction of sp³-hybridized carbons (Fsp3) is 0.429. The maximum absolute atomic E-state index is 16.4. The largest absolute Gasteiger partial charge is 0.367 e. The first-order valence-electron chi connectivity index (χ1n) is 19.7. The van der Waals surface area contributed by atoms with E-state index in [2.05, 4.69) is 39.7 Å². The Morgan fingerprint density at radius 2 is 1.20 bits per heavy atom. The van der Waals surface area contributed by atoms with Crippen LogP contribution in [0.2, 0.25) is 0 Å². The summed E-state index contributed by atoms with van der Waals surface area (Å²) in [5.41, 5.74) is 3.37. The summed E-state index contributed by atoms with van der Waals surface area (Å²) >= 11 is 1.78. The molecule has 4 fully saturated rings. The van der Waals surface area contributed by atoms with Gasteiger partial charge in [-0.2, -0.15) is 0 Å². The molecule has 3 aromatic carbocycles. The SMILES string of the molecule is Cc1ccc(C2CCN(c3c(F)cc(N4[C@@H](c5cc6[nH]c([C@@H]7CCCN7)nc6cc5F)CC[C@H]4c4cc5[nH]c([C@@H]6CCCN6)nc5cc4F)cc3F)CC2)s1. The standard InChI is InChI=1S/C42H44F4N8S/c1-22-6-9-39(55-22)23-10-14-53(15-11-23)40-29(45)16-24(17-30(40)46)54-37(25-18-33-35(20-27(25)43)51-41(49-33)31-4-2-12-47-31)7-8-38(54)26-19-34-36(21-28(26)44)52-42(50-34)32-5-3-13-48-32/h6,9,16-21,23,31-32,37-38,47-48H,2-5,7-8,10-15H2,1H3,(H,49,51)(H,50,52)/t31-,32-,37-,38+/m0/s1. The molecule has 7 heterocycles. The second-order valence-corrected chi connectivity index (χ2v) is 17.1. The van der Waals surface area contributed by atoms with E-state index in [-0.39, 0.29) is 23.5 Å². The average Bonchev–Trinajstić information content (AvgIpc) is 4.02. The van der Waals surface area contributed by atoms with Gasteiger partial charge in [0.25, 0.3) is 0 Å². The van der Waals surface area contributed by atoms with Crippen molar-refractivity contribution in [2.45, 2.75) is 88.4 Å². The molecule has 0 amide bonds. The summed E-state index contributed by atoms with van der Waals surface area (Å²) in [5.74, 6) is -0.377. The molecule has 3 aromatic heterocycles. The topological polar surface area (TPSA) is 87.9 Å². The molecule has 0 radical (unpaired) electrons. The number of thiophene rings is 1. The van der Waals surface area contributed by atoms with Crippen molar-refractivity contribution in [2.75, 3.05) is 36.0 Å². The molecule has 55 heavy (non-hydrogen) atoms. The van der Waals surface area contributed by atoms with E-state index in [0.717, 1.165) is 63.3 Å². The Hall–Kier alpha value is -4.46. The minimum atomic E-state index is -0.679. The van der Waals surface area contributed by atoms with Gasteiger partial charge in [-0.1, -0.05) is 0 Å². The van der Waals surface area contributed by atoms with Gasteiger partial charge in [0.2, 0.25) is 0 Å². The molecule has 4 aliphatic heterocycles. The quantitative estimate of drug-likeness (QED) is 0.121. The van der Waals surface area contributed by atoms with Crippen LogP contribution in [0.5, 0.6) is 0 Å². The van der Waals surface area contributed by atoms with Crippen LogP contribution >= 0.6 is 11.3 Å². The minimum Gasteiger partial charge on any atom is -0.367 e. The zero-order chi connectivity index (χ0) is 37.4. The zero-order valence-corrected chi connectivity index (χ0v) is 31.5. The lowest BCUT2D eigenvalue weighted by atomic mass is 9.94. The van der Waals surface area contributed by atoms with E-state index < -0.39 is 35.4 Å². The predicted octanol–water partition coefficient (Wildman–Crippen LogP) is 9.68. The van der Waals surface area contributed by atoms with E-state index in [1.165, 1.54) is 34.0 Å². The Morgan fingerprint density at radius 1 is 0.655 bits per heavy atom. The third kappa shape index (κ3) is 6.28. The number of H-pyrrole nitrogens is 2. The number of rotatable bonds is 7. The molecule has 4 aliphatic rings. The first kappa shape index (κ1) is 35.0. The summed E-state index contributed by atoms with van der Waals surface area (Å²) in [6, 6.07) is 12.3. The normalized spacial score (nSPS) is 23.7. The molecule has 4 saturated heterocycles. The number of nitrogens with zero attached hydrogens (tertiary/aromatic N) is 4. The predicted molar refractivity (Wildman–Crippen MR) is 209 cm³/mol. The maximum Gasteiger partial charge on any atom is 0.151 e. The number of benzene rings is 3. The van der Waals surface area contributed by atoms with Gasteiger partial charge in [-0.3, -0.25) is 0 Å². The highest BCUT2D eigenvalue weighted by Gasteiger charge is 2.40. The Balaban J connectivity index is 1.02. The van der Waals surface area contributed by atoms with Crippen molar-refractivity contribution >= 4 is 44.8 Å². The van der Waals surface area contributed by atoms with Gasteiger partial charge in [0, 0.05) is 51.8 Å². The highest BCUT2D eigenvalue weighted by molar-refractivity contribution is 7.12. The Kier molecular flexibility index (Phi) is 8.86. The molecule has 4 atom stereocenters. The number of aryl methyl sites for hydroxylation is 1. The van der Waals surface area contributed by atoms with Crippen LogP contribution < -0.4 is 20.4 Å². The zero-order valence-electron chi connectivity index (χ0n) is 30.7. The molecule has 13 heteroatoms. The van der Waals surface area contributed by atoms with Gasteiger partial charge in [-0.05, 0) is 114 Å². The summed E-state index contributed by atoms with van der Waals surface area (Å²) in [4.78, 5) is 22.4. The number of piperidine rings is 1. The molecule has 6 aromatic rings. The van der Waals surface area contributed by atoms with Crippen molar-refractivity contribution in [3.05, 3.63) is 104 Å². The summed E-state index contributed by atoms with van der Waals surface area (Å²) in [6.07, 6.45) is 6.46. The van der Waals surface area contributed by atoms with Crippen molar-refractivity contribution in [3.8, 4) is 0 Å². The summed E-state index contributed by atoms with van der Waals surface area (Å²) in [7, 11) is 0. The van der Waals surface area contributed by atoms with E-state index in [0.29, 0.717) is 65.0 Å². The van der Waals surface area contributed by atoms with E-state index in [4.69, 9.17) is 9.97 Å². The number of halogens is 4. The third-order valence-corrected chi connectivity index (χ3v) is 13.6. The maximum atomic E-state index is 16.4. The molecule has 286 valence electrons. The number of nitrogens with one attached hydrogen (secondary N) is 4.